The fourth-order valence-corrected chi connectivity index (χ4v) is 3.89. The zero-order chi connectivity index (χ0) is 15.5. The van der Waals surface area contributed by atoms with Crippen LogP contribution < -0.4 is 0 Å². The maximum absolute atomic E-state index is 12.2. The minimum atomic E-state index is -0.246. The second-order valence-corrected chi connectivity index (χ2v) is 6.62. The van der Waals surface area contributed by atoms with Gasteiger partial charge >= 0.3 is 0 Å². The number of thioether (sulfide) groups is 1. The van der Waals surface area contributed by atoms with Gasteiger partial charge in [0.15, 0.2) is 0 Å². The first-order chi connectivity index (χ1) is 10.7. The van der Waals surface area contributed by atoms with Crippen LogP contribution in [0.5, 0.6) is 0 Å². The molecule has 0 aliphatic carbocycles. The highest BCUT2D eigenvalue weighted by Gasteiger charge is 2.34. The van der Waals surface area contributed by atoms with Crippen LogP contribution in [0.2, 0.25) is 0 Å². The molecule has 5 heteroatoms. The Hall–Kier alpha value is -2.11. The number of thiophene rings is 1. The largest absolute Gasteiger partial charge is 0.293 e. The lowest BCUT2D eigenvalue weighted by Gasteiger charge is -2.07. The van der Waals surface area contributed by atoms with Gasteiger partial charge < -0.3 is 0 Å². The second kappa shape index (κ2) is 6.34. The van der Waals surface area contributed by atoms with Crippen molar-refractivity contribution in [3.05, 3.63) is 64.2 Å². The molecule has 0 bridgehead atoms. The van der Waals surface area contributed by atoms with Crippen LogP contribution in [0.25, 0.3) is 17.2 Å². The standard InChI is InChI=1S/C17H13NO2S2/c1-2-8-18-16(19)15(22-17(18)20)10-14-9-13(11-21-14)12-6-4-3-5-7-12/h2-7,9-11H,1,8H2. The second-order valence-electron chi connectivity index (χ2n) is 4.68. The Morgan fingerprint density at radius 3 is 2.64 bits per heavy atom. The minimum absolute atomic E-state index is 0.240. The Morgan fingerprint density at radius 2 is 1.91 bits per heavy atom. The van der Waals surface area contributed by atoms with Gasteiger partial charge in [0.25, 0.3) is 11.1 Å². The summed E-state index contributed by atoms with van der Waals surface area (Å²) < 4.78 is 0. The number of nitrogens with zero attached hydrogens (tertiary/aromatic N) is 1. The molecule has 3 rings (SSSR count). The molecule has 1 aliphatic rings. The number of imide groups is 1. The Kier molecular flexibility index (Phi) is 4.27. The number of carbonyl (C=O) groups is 2. The number of amides is 2. The van der Waals surface area contributed by atoms with E-state index in [1.54, 1.807) is 23.5 Å². The molecule has 1 saturated heterocycles. The van der Waals surface area contributed by atoms with E-state index in [2.05, 4.69) is 12.0 Å². The van der Waals surface area contributed by atoms with Gasteiger partial charge in [-0.05, 0) is 40.4 Å². The van der Waals surface area contributed by atoms with E-state index in [4.69, 9.17) is 0 Å². The highest BCUT2D eigenvalue weighted by Crippen LogP contribution is 2.34. The number of benzene rings is 1. The molecule has 2 heterocycles. The lowest BCUT2D eigenvalue weighted by atomic mass is 10.1. The molecule has 1 aromatic carbocycles. The van der Waals surface area contributed by atoms with E-state index in [0.29, 0.717) is 4.91 Å². The van der Waals surface area contributed by atoms with Crippen molar-refractivity contribution in [1.29, 1.82) is 0 Å². The first kappa shape index (κ1) is 14.8. The molecule has 3 nitrogen and oxygen atoms in total. The summed E-state index contributed by atoms with van der Waals surface area (Å²) in [5, 5.41) is 1.81. The first-order valence-corrected chi connectivity index (χ1v) is 8.39. The molecule has 0 radical (unpaired) electrons. The van der Waals surface area contributed by atoms with Gasteiger partial charge in [-0.1, -0.05) is 36.4 Å². The lowest BCUT2D eigenvalue weighted by molar-refractivity contribution is -0.122. The summed E-state index contributed by atoms with van der Waals surface area (Å²) in [5.41, 5.74) is 2.25. The number of hydrogen-bond donors (Lipinski definition) is 0. The predicted octanol–water partition coefficient (Wildman–Crippen LogP) is 4.64. The van der Waals surface area contributed by atoms with Crippen LogP contribution in [0.1, 0.15) is 4.88 Å². The van der Waals surface area contributed by atoms with Crippen LogP contribution in [-0.2, 0) is 4.79 Å². The van der Waals surface area contributed by atoms with Gasteiger partial charge in [-0.2, -0.15) is 0 Å². The molecule has 1 fully saturated rings. The number of hydrogen-bond acceptors (Lipinski definition) is 4. The van der Waals surface area contributed by atoms with E-state index in [1.807, 2.05) is 36.4 Å². The van der Waals surface area contributed by atoms with Crippen molar-refractivity contribution in [2.45, 2.75) is 0 Å². The molecule has 2 amide bonds. The van der Waals surface area contributed by atoms with Gasteiger partial charge in [0.1, 0.15) is 0 Å². The predicted molar refractivity (Wildman–Crippen MR) is 92.6 cm³/mol. The highest BCUT2D eigenvalue weighted by atomic mass is 32.2. The summed E-state index contributed by atoms with van der Waals surface area (Å²) >= 11 is 2.54. The molecule has 1 aliphatic heterocycles. The maximum Gasteiger partial charge on any atom is 0.293 e. The Labute approximate surface area is 137 Å². The molecule has 22 heavy (non-hydrogen) atoms. The average molecular weight is 327 g/mol. The maximum atomic E-state index is 12.2. The molecule has 1 aromatic heterocycles. The first-order valence-electron chi connectivity index (χ1n) is 6.69. The molecule has 0 N–H and O–H groups in total. The summed E-state index contributed by atoms with van der Waals surface area (Å²) in [6.45, 7) is 3.82. The SMILES string of the molecule is C=CCN1C(=O)SC(=Cc2cc(-c3ccccc3)cs2)C1=O. The van der Waals surface area contributed by atoms with Gasteiger partial charge in [-0.25, -0.2) is 0 Å². The van der Waals surface area contributed by atoms with Crippen LogP contribution in [0, 0.1) is 0 Å². The van der Waals surface area contributed by atoms with Crippen molar-refractivity contribution in [3.8, 4) is 11.1 Å². The Balaban J connectivity index is 1.85. The van der Waals surface area contributed by atoms with Gasteiger partial charge in [0.05, 0.1) is 4.91 Å². The number of carbonyl (C=O) groups excluding carboxylic acids is 2. The molecule has 0 atom stereocenters. The van der Waals surface area contributed by atoms with Crippen molar-refractivity contribution >= 4 is 40.3 Å². The van der Waals surface area contributed by atoms with Crippen molar-refractivity contribution in [1.82, 2.24) is 4.90 Å². The van der Waals surface area contributed by atoms with E-state index < -0.39 is 0 Å². The third-order valence-corrected chi connectivity index (χ3v) is 4.97. The molecule has 2 aromatic rings. The van der Waals surface area contributed by atoms with Crippen molar-refractivity contribution < 1.29 is 9.59 Å². The smallest absolute Gasteiger partial charge is 0.268 e. The zero-order valence-corrected chi connectivity index (χ0v) is 13.3. The minimum Gasteiger partial charge on any atom is -0.268 e. The quantitative estimate of drug-likeness (QED) is 0.606. The van der Waals surface area contributed by atoms with Crippen molar-refractivity contribution in [2.75, 3.05) is 6.54 Å². The van der Waals surface area contributed by atoms with Crippen molar-refractivity contribution in [3.63, 3.8) is 0 Å². The molecule has 110 valence electrons. The van der Waals surface area contributed by atoms with E-state index in [0.717, 1.165) is 27.8 Å². The van der Waals surface area contributed by atoms with Crippen LogP contribution in [0.15, 0.2) is 59.3 Å². The van der Waals surface area contributed by atoms with Crippen LogP contribution in [-0.4, -0.2) is 22.6 Å². The van der Waals surface area contributed by atoms with E-state index in [-0.39, 0.29) is 17.7 Å². The monoisotopic (exact) mass is 327 g/mol. The van der Waals surface area contributed by atoms with Crippen LogP contribution in [0.4, 0.5) is 4.79 Å². The summed E-state index contributed by atoms with van der Waals surface area (Å²) in [7, 11) is 0. The van der Waals surface area contributed by atoms with Crippen LogP contribution >= 0.6 is 23.1 Å². The summed E-state index contributed by atoms with van der Waals surface area (Å²) in [6, 6.07) is 12.1. The molecular formula is C17H13NO2S2. The molecular weight excluding hydrogens is 314 g/mol. The van der Waals surface area contributed by atoms with Crippen molar-refractivity contribution in [2.24, 2.45) is 0 Å². The molecule has 0 unspecified atom stereocenters. The molecule has 0 spiro atoms. The normalized spacial score (nSPS) is 16.5. The van der Waals surface area contributed by atoms with Crippen LogP contribution in [0.3, 0.4) is 0 Å². The topological polar surface area (TPSA) is 37.4 Å². The van der Waals surface area contributed by atoms with E-state index in [1.165, 1.54) is 4.90 Å². The van der Waals surface area contributed by atoms with Gasteiger partial charge in [0, 0.05) is 11.4 Å². The third-order valence-electron chi connectivity index (χ3n) is 3.19. The fraction of sp³-hybridized carbons (Fsp3) is 0.0588. The lowest BCUT2D eigenvalue weighted by Crippen LogP contribution is -2.27. The van der Waals surface area contributed by atoms with Gasteiger partial charge in [-0.3, -0.25) is 14.5 Å². The van der Waals surface area contributed by atoms with Gasteiger partial charge in [-0.15, -0.1) is 17.9 Å². The molecule has 0 saturated carbocycles. The van der Waals surface area contributed by atoms with E-state index in [9.17, 15) is 9.59 Å². The number of rotatable bonds is 4. The van der Waals surface area contributed by atoms with Gasteiger partial charge in [0.2, 0.25) is 0 Å². The zero-order valence-electron chi connectivity index (χ0n) is 11.7. The summed E-state index contributed by atoms with van der Waals surface area (Å²) in [4.78, 5) is 26.6. The fourth-order valence-electron chi connectivity index (χ4n) is 2.13. The summed E-state index contributed by atoms with van der Waals surface area (Å²) in [5.74, 6) is -0.246. The third kappa shape index (κ3) is 2.91. The summed E-state index contributed by atoms with van der Waals surface area (Å²) in [6.07, 6.45) is 3.34. The Morgan fingerprint density at radius 1 is 1.14 bits per heavy atom. The van der Waals surface area contributed by atoms with E-state index >= 15 is 0 Å². The average Bonchev–Trinajstić information content (AvgIpc) is 3.09. The highest BCUT2D eigenvalue weighted by molar-refractivity contribution is 8.18. The Bertz CT molecular complexity index is 762.